The molecule has 0 fully saturated rings. The second kappa shape index (κ2) is 9.58. The standard InChI is InChI=1S/C23H21FN4O3S/c1-15(2)19-12-18(24)13-20(17-9-10-26-21(11-17)25-3)22(19)27-23(29)28-32(30,31)14-16-7-5-4-6-8-16/h4-13,15H,14H2,1-2H3,(H2,27,28,29). The minimum Gasteiger partial charge on any atom is -0.361 e. The topological polar surface area (TPSA) is 92.5 Å². The Hall–Kier alpha value is -3.77. The molecular formula is C23H21FN4O3S. The highest BCUT2D eigenvalue weighted by atomic mass is 32.2. The molecule has 3 rings (SSSR count). The summed E-state index contributed by atoms with van der Waals surface area (Å²) in [5, 5.41) is 2.57. The SMILES string of the molecule is [C-]#[N+]c1cc(-c2cc(F)cc(C(C)C)c2NC(=O)NS(=O)(=O)Cc2ccccc2)ccn1. The Kier molecular flexibility index (Phi) is 6.85. The third-order valence-electron chi connectivity index (χ3n) is 4.61. The number of anilines is 1. The lowest BCUT2D eigenvalue weighted by Crippen LogP contribution is -2.35. The number of hydrogen-bond donors (Lipinski definition) is 2. The van der Waals surface area contributed by atoms with Gasteiger partial charge in [-0.1, -0.05) is 50.8 Å². The first kappa shape index (κ1) is 22.9. The van der Waals surface area contributed by atoms with Crippen molar-refractivity contribution in [2.45, 2.75) is 25.5 Å². The van der Waals surface area contributed by atoms with Crippen LogP contribution < -0.4 is 10.0 Å². The lowest BCUT2D eigenvalue weighted by molar-refractivity contribution is 0.256. The molecule has 0 saturated carbocycles. The van der Waals surface area contributed by atoms with Gasteiger partial charge in [0.1, 0.15) is 12.0 Å². The van der Waals surface area contributed by atoms with Gasteiger partial charge in [-0.3, -0.25) is 0 Å². The van der Waals surface area contributed by atoms with Crippen molar-refractivity contribution in [3.63, 3.8) is 0 Å². The summed E-state index contributed by atoms with van der Waals surface area (Å²) < 4.78 is 41.3. The van der Waals surface area contributed by atoms with Crippen LogP contribution in [0.1, 0.15) is 30.9 Å². The van der Waals surface area contributed by atoms with E-state index in [0.717, 1.165) is 0 Å². The minimum atomic E-state index is -3.97. The lowest BCUT2D eigenvalue weighted by atomic mass is 9.94. The highest BCUT2D eigenvalue weighted by Gasteiger charge is 2.21. The smallest absolute Gasteiger partial charge is 0.332 e. The molecular weight excluding hydrogens is 431 g/mol. The van der Waals surface area contributed by atoms with E-state index in [2.05, 4.69) is 15.1 Å². The highest BCUT2D eigenvalue weighted by molar-refractivity contribution is 7.89. The van der Waals surface area contributed by atoms with E-state index in [0.29, 0.717) is 22.3 Å². The molecule has 0 saturated heterocycles. The zero-order valence-corrected chi connectivity index (χ0v) is 18.3. The summed E-state index contributed by atoms with van der Waals surface area (Å²) in [5.74, 6) is -0.957. The fourth-order valence-corrected chi connectivity index (χ4v) is 4.24. The summed E-state index contributed by atoms with van der Waals surface area (Å²) in [7, 11) is -3.97. The van der Waals surface area contributed by atoms with Crippen LogP contribution in [0, 0.1) is 12.4 Å². The summed E-state index contributed by atoms with van der Waals surface area (Å²) >= 11 is 0. The van der Waals surface area contributed by atoms with E-state index in [1.807, 2.05) is 18.6 Å². The van der Waals surface area contributed by atoms with Crippen LogP contribution in [0.2, 0.25) is 0 Å². The van der Waals surface area contributed by atoms with Gasteiger partial charge in [0, 0.05) is 5.56 Å². The van der Waals surface area contributed by atoms with Gasteiger partial charge < -0.3 is 10.2 Å². The lowest BCUT2D eigenvalue weighted by Gasteiger charge is -2.19. The van der Waals surface area contributed by atoms with Crippen molar-refractivity contribution < 1.29 is 17.6 Å². The Bertz CT molecular complexity index is 1290. The number of carbonyl (C=O) groups is 1. The van der Waals surface area contributed by atoms with Crippen LogP contribution in [0.3, 0.4) is 0 Å². The van der Waals surface area contributed by atoms with Gasteiger partial charge in [0.2, 0.25) is 10.0 Å². The molecule has 9 heteroatoms. The summed E-state index contributed by atoms with van der Waals surface area (Å²) in [4.78, 5) is 19.8. The van der Waals surface area contributed by atoms with Crippen LogP contribution >= 0.6 is 0 Å². The fourth-order valence-electron chi connectivity index (χ4n) is 3.21. The fraction of sp³-hybridized carbons (Fsp3) is 0.174. The number of hydrogen-bond acceptors (Lipinski definition) is 4. The monoisotopic (exact) mass is 452 g/mol. The van der Waals surface area contributed by atoms with Gasteiger partial charge in [-0.2, -0.15) is 0 Å². The van der Waals surface area contributed by atoms with Crippen molar-refractivity contribution in [3.05, 3.63) is 89.2 Å². The van der Waals surface area contributed by atoms with E-state index in [1.54, 1.807) is 36.4 Å². The summed E-state index contributed by atoms with van der Waals surface area (Å²) in [6.45, 7) is 10.8. The molecule has 0 bridgehead atoms. The molecule has 3 aromatic rings. The second-order valence-electron chi connectivity index (χ2n) is 7.39. The van der Waals surface area contributed by atoms with Gasteiger partial charge in [0.25, 0.3) is 5.82 Å². The van der Waals surface area contributed by atoms with E-state index in [1.165, 1.54) is 24.4 Å². The van der Waals surface area contributed by atoms with Crippen molar-refractivity contribution in [3.8, 4) is 11.1 Å². The maximum absolute atomic E-state index is 14.4. The molecule has 2 aromatic carbocycles. The largest absolute Gasteiger partial charge is 0.361 e. The summed E-state index contributed by atoms with van der Waals surface area (Å²) in [6, 6.07) is 13.1. The molecule has 1 aromatic heterocycles. The van der Waals surface area contributed by atoms with E-state index in [-0.39, 0.29) is 23.2 Å². The first-order valence-electron chi connectivity index (χ1n) is 9.71. The Labute approximate surface area is 186 Å². The van der Waals surface area contributed by atoms with Gasteiger partial charge in [0.05, 0.1) is 11.4 Å². The first-order chi connectivity index (χ1) is 15.2. The predicted molar refractivity (Wildman–Crippen MR) is 121 cm³/mol. The number of benzene rings is 2. The molecule has 32 heavy (non-hydrogen) atoms. The molecule has 2 amide bonds. The van der Waals surface area contributed by atoms with Crippen molar-refractivity contribution in [1.29, 1.82) is 0 Å². The molecule has 0 radical (unpaired) electrons. The Morgan fingerprint density at radius 1 is 1.16 bits per heavy atom. The molecule has 7 nitrogen and oxygen atoms in total. The Morgan fingerprint density at radius 2 is 1.88 bits per heavy atom. The molecule has 0 unspecified atom stereocenters. The van der Waals surface area contributed by atoms with Crippen molar-refractivity contribution >= 4 is 27.6 Å². The third-order valence-corrected chi connectivity index (χ3v) is 5.82. The minimum absolute atomic E-state index is 0.110. The molecule has 0 aliphatic carbocycles. The molecule has 0 aliphatic heterocycles. The molecule has 0 aliphatic rings. The van der Waals surface area contributed by atoms with Crippen LogP contribution in [-0.4, -0.2) is 19.4 Å². The molecule has 0 atom stereocenters. The normalized spacial score (nSPS) is 11.1. The van der Waals surface area contributed by atoms with Crippen molar-refractivity contribution in [1.82, 2.24) is 9.71 Å². The van der Waals surface area contributed by atoms with E-state index >= 15 is 0 Å². The van der Waals surface area contributed by atoms with E-state index in [4.69, 9.17) is 6.57 Å². The molecule has 164 valence electrons. The van der Waals surface area contributed by atoms with Gasteiger partial charge in [-0.15, -0.1) is 4.98 Å². The number of halogens is 1. The van der Waals surface area contributed by atoms with Crippen molar-refractivity contribution in [2.24, 2.45) is 0 Å². The second-order valence-corrected chi connectivity index (χ2v) is 9.11. The number of aromatic nitrogens is 1. The Morgan fingerprint density at radius 3 is 2.53 bits per heavy atom. The number of rotatable bonds is 6. The van der Waals surface area contributed by atoms with Crippen LogP contribution in [0.4, 0.5) is 20.7 Å². The van der Waals surface area contributed by atoms with Gasteiger partial charge in [0.15, 0.2) is 0 Å². The number of nitrogens with one attached hydrogen (secondary N) is 2. The number of sulfonamides is 1. The quantitative estimate of drug-likeness (QED) is 0.502. The number of amides is 2. The number of carbonyl (C=O) groups excluding carboxylic acids is 1. The average Bonchev–Trinajstić information content (AvgIpc) is 2.74. The number of nitrogens with zero attached hydrogens (tertiary/aromatic N) is 2. The van der Waals surface area contributed by atoms with Crippen LogP contribution in [0.5, 0.6) is 0 Å². The molecule has 1 heterocycles. The van der Waals surface area contributed by atoms with Gasteiger partial charge in [-0.25, -0.2) is 22.3 Å². The predicted octanol–water partition coefficient (Wildman–Crippen LogP) is 5.21. The van der Waals surface area contributed by atoms with Gasteiger partial charge in [-0.05, 0) is 46.9 Å². The molecule has 0 spiro atoms. The zero-order valence-electron chi connectivity index (χ0n) is 17.5. The van der Waals surface area contributed by atoms with E-state index < -0.39 is 21.9 Å². The maximum atomic E-state index is 14.4. The van der Waals surface area contributed by atoms with Gasteiger partial charge >= 0.3 is 6.03 Å². The van der Waals surface area contributed by atoms with Crippen LogP contribution in [0.15, 0.2) is 60.8 Å². The van der Waals surface area contributed by atoms with Crippen LogP contribution in [0.25, 0.3) is 16.0 Å². The zero-order chi connectivity index (χ0) is 23.3. The average molecular weight is 453 g/mol. The summed E-state index contributed by atoms with van der Waals surface area (Å²) in [5.41, 5.74) is 2.06. The highest BCUT2D eigenvalue weighted by Crippen LogP contribution is 2.36. The molecule has 2 N–H and O–H groups in total. The third kappa shape index (κ3) is 5.68. The Balaban J connectivity index is 1.95. The van der Waals surface area contributed by atoms with E-state index in [9.17, 15) is 17.6 Å². The van der Waals surface area contributed by atoms with Crippen molar-refractivity contribution in [2.75, 3.05) is 5.32 Å². The first-order valence-corrected chi connectivity index (χ1v) is 11.4. The number of pyridine rings is 1. The van der Waals surface area contributed by atoms with Crippen LogP contribution in [-0.2, 0) is 15.8 Å². The summed E-state index contributed by atoms with van der Waals surface area (Å²) in [6.07, 6.45) is 1.41. The maximum Gasteiger partial charge on any atom is 0.332 e. The number of urea groups is 1.